The van der Waals surface area contributed by atoms with Crippen molar-refractivity contribution in [3.05, 3.63) is 35.1 Å². The zero-order valence-electron chi connectivity index (χ0n) is 12.5. The number of hydrogen-bond acceptors (Lipinski definition) is 2. The Balaban J connectivity index is 1.41. The number of nitrogens with one attached hydrogen (secondary N) is 2. The largest absolute Gasteiger partial charge is 0.356 e. The summed E-state index contributed by atoms with van der Waals surface area (Å²) in [6.45, 7) is 0.540. The number of halogens is 1. The van der Waals surface area contributed by atoms with Gasteiger partial charge < -0.3 is 10.6 Å². The molecule has 0 spiro atoms. The predicted molar refractivity (Wildman–Crippen MR) is 80.6 cm³/mol. The molecule has 2 amide bonds. The van der Waals surface area contributed by atoms with Crippen molar-refractivity contribution in [3.63, 3.8) is 0 Å². The van der Waals surface area contributed by atoms with E-state index in [-0.39, 0.29) is 29.6 Å². The van der Waals surface area contributed by atoms with E-state index in [0.29, 0.717) is 19.4 Å². The second kappa shape index (κ2) is 6.46. The number of hydrogen-bond donors (Lipinski definition) is 2. The highest BCUT2D eigenvalue weighted by atomic mass is 19.1. The van der Waals surface area contributed by atoms with Gasteiger partial charge in [-0.15, -0.1) is 0 Å². The van der Waals surface area contributed by atoms with Crippen molar-refractivity contribution in [2.24, 2.45) is 5.92 Å². The van der Waals surface area contributed by atoms with Gasteiger partial charge in [-0.25, -0.2) is 4.39 Å². The van der Waals surface area contributed by atoms with Crippen LogP contribution in [-0.2, 0) is 16.0 Å². The first-order valence-electron chi connectivity index (χ1n) is 7.99. The molecule has 0 bridgehead atoms. The fourth-order valence-corrected chi connectivity index (χ4v) is 2.94. The van der Waals surface area contributed by atoms with Crippen molar-refractivity contribution in [1.82, 2.24) is 10.6 Å². The first-order chi connectivity index (χ1) is 10.6. The van der Waals surface area contributed by atoms with Crippen LogP contribution in [0.2, 0.25) is 0 Å². The fourth-order valence-electron chi connectivity index (χ4n) is 2.94. The van der Waals surface area contributed by atoms with Gasteiger partial charge in [0.05, 0.1) is 6.04 Å². The molecule has 2 aliphatic rings. The molecule has 1 atom stereocenters. The fraction of sp³-hybridized carbons (Fsp3) is 0.529. The Labute approximate surface area is 129 Å². The van der Waals surface area contributed by atoms with Crippen molar-refractivity contribution < 1.29 is 14.0 Å². The molecule has 2 aliphatic carbocycles. The van der Waals surface area contributed by atoms with Crippen LogP contribution in [0.3, 0.4) is 0 Å². The molecule has 1 aromatic rings. The molecule has 0 heterocycles. The quantitative estimate of drug-likeness (QED) is 0.792. The summed E-state index contributed by atoms with van der Waals surface area (Å²) in [4.78, 5) is 23.4. The number of carbonyl (C=O) groups excluding carboxylic acids is 2. The Bertz CT molecular complexity index is 584. The molecular formula is C17H21FN2O2. The molecule has 5 heteroatoms. The zero-order chi connectivity index (χ0) is 15.5. The Morgan fingerprint density at radius 2 is 2.05 bits per heavy atom. The van der Waals surface area contributed by atoms with Gasteiger partial charge in [-0.1, -0.05) is 6.07 Å². The summed E-state index contributed by atoms with van der Waals surface area (Å²) in [6.07, 6.45) is 4.69. The highest BCUT2D eigenvalue weighted by Crippen LogP contribution is 2.31. The highest BCUT2D eigenvalue weighted by Gasteiger charge is 2.29. The summed E-state index contributed by atoms with van der Waals surface area (Å²) in [5, 5.41) is 5.82. The smallest absolute Gasteiger partial charge is 0.223 e. The number of rotatable bonds is 6. The monoisotopic (exact) mass is 304 g/mol. The molecule has 0 aromatic heterocycles. The summed E-state index contributed by atoms with van der Waals surface area (Å²) >= 11 is 0. The normalized spacial score (nSPS) is 19.6. The maximum Gasteiger partial charge on any atom is 0.223 e. The Kier molecular flexibility index (Phi) is 4.41. The van der Waals surface area contributed by atoms with E-state index in [9.17, 15) is 14.0 Å². The summed E-state index contributed by atoms with van der Waals surface area (Å²) in [6, 6.07) is 4.69. The second-order valence-electron chi connectivity index (χ2n) is 6.17. The lowest BCUT2D eigenvalue weighted by Gasteiger charge is -2.14. The standard InChI is InChI=1S/C17H21FN2O2/c18-13-7-5-11-6-8-15(14(11)10-13)20-16(21)2-1-9-19-17(22)12-3-4-12/h5,7,10,12,15H,1-4,6,8-9H2,(H,19,22)(H,20,21)/t15-/m0/s1. The first kappa shape index (κ1) is 15.0. The molecule has 0 unspecified atom stereocenters. The minimum atomic E-state index is -0.261. The lowest BCUT2D eigenvalue weighted by atomic mass is 10.1. The summed E-state index contributed by atoms with van der Waals surface area (Å²) in [7, 11) is 0. The van der Waals surface area contributed by atoms with E-state index < -0.39 is 0 Å². The van der Waals surface area contributed by atoms with Crippen LogP contribution in [0.25, 0.3) is 0 Å². The summed E-state index contributed by atoms with van der Waals surface area (Å²) in [5.74, 6) is 0.0183. The van der Waals surface area contributed by atoms with Crippen molar-refractivity contribution in [3.8, 4) is 0 Å². The second-order valence-corrected chi connectivity index (χ2v) is 6.17. The number of carbonyl (C=O) groups is 2. The van der Waals surface area contributed by atoms with Gasteiger partial charge in [0.2, 0.25) is 11.8 Å². The predicted octanol–water partition coefficient (Wildman–Crippen LogP) is 2.24. The van der Waals surface area contributed by atoms with Gasteiger partial charge in [-0.3, -0.25) is 9.59 Å². The minimum Gasteiger partial charge on any atom is -0.356 e. The molecule has 1 fully saturated rings. The van der Waals surface area contributed by atoms with Gasteiger partial charge in [0, 0.05) is 18.9 Å². The van der Waals surface area contributed by atoms with Gasteiger partial charge >= 0.3 is 0 Å². The molecule has 118 valence electrons. The Hall–Kier alpha value is -1.91. The maximum atomic E-state index is 13.3. The van der Waals surface area contributed by atoms with Crippen LogP contribution >= 0.6 is 0 Å². The molecule has 1 saturated carbocycles. The zero-order valence-corrected chi connectivity index (χ0v) is 12.5. The van der Waals surface area contributed by atoms with E-state index in [1.54, 1.807) is 6.07 Å². The third-order valence-electron chi connectivity index (χ3n) is 4.35. The highest BCUT2D eigenvalue weighted by molar-refractivity contribution is 5.81. The van der Waals surface area contributed by atoms with Crippen LogP contribution in [-0.4, -0.2) is 18.4 Å². The lowest BCUT2D eigenvalue weighted by Crippen LogP contribution is -2.29. The van der Waals surface area contributed by atoms with Gasteiger partial charge in [0.25, 0.3) is 0 Å². The van der Waals surface area contributed by atoms with E-state index in [4.69, 9.17) is 0 Å². The Morgan fingerprint density at radius 3 is 2.82 bits per heavy atom. The molecule has 4 nitrogen and oxygen atoms in total. The lowest BCUT2D eigenvalue weighted by molar-refractivity contribution is -0.123. The third-order valence-corrected chi connectivity index (χ3v) is 4.35. The minimum absolute atomic E-state index is 0.0391. The average molecular weight is 304 g/mol. The van der Waals surface area contributed by atoms with Crippen LogP contribution in [0.1, 0.15) is 49.3 Å². The number of amides is 2. The van der Waals surface area contributed by atoms with E-state index in [0.717, 1.165) is 36.8 Å². The molecule has 3 rings (SSSR count). The number of benzene rings is 1. The van der Waals surface area contributed by atoms with Crippen LogP contribution in [0.15, 0.2) is 18.2 Å². The van der Waals surface area contributed by atoms with Gasteiger partial charge in [-0.05, 0) is 55.4 Å². The molecule has 1 aromatic carbocycles. The first-order valence-corrected chi connectivity index (χ1v) is 7.99. The van der Waals surface area contributed by atoms with E-state index in [1.165, 1.54) is 12.1 Å². The number of aryl methyl sites for hydroxylation is 1. The summed E-state index contributed by atoms with van der Waals surface area (Å²) in [5.41, 5.74) is 2.01. The average Bonchev–Trinajstić information content (AvgIpc) is 3.28. The number of fused-ring (bicyclic) bond motifs is 1. The Morgan fingerprint density at radius 1 is 1.23 bits per heavy atom. The van der Waals surface area contributed by atoms with E-state index in [2.05, 4.69) is 10.6 Å². The van der Waals surface area contributed by atoms with E-state index in [1.807, 2.05) is 0 Å². The maximum absolute atomic E-state index is 13.3. The van der Waals surface area contributed by atoms with Gasteiger partial charge in [-0.2, -0.15) is 0 Å². The van der Waals surface area contributed by atoms with Crippen LogP contribution < -0.4 is 10.6 Å². The van der Waals surface area contributed by atoms with Crippen LogP contribution in [0.4, 0.5) is 4.39 Å². The SMILES string of the molecule is O=C(CCCNC(=O)C1CC1)N[C@H]1CCc2ccc(F)cc21. The third kappa shape index (κ3) is 3.64. The van der Waals surface area contributed by atoms with Crippen molar-refractivity contribution in [2.45, 2.75) is 44.6 Å². The van der Waals surface area contributed by atoms with Gasteiger partial charge in [0.1, 0.15) is 5.82 Å². The van der Waals surface area contributed by atoms with Crippen molar-refractivity contribution >= 4 is 11.8 Å². The molecule has 2 N–H and O–H groups in total. The van der Waals surface area contributed by atoms with Crippen molar-refractivity contribution in [1.29, 1.82) is 0 Å². The van der Waals surface area contributed by atoms with Crippen LogP contribution in [0.5, 0.6) is 0 Å². The topological polar surface area (TPSA) is 58.2 Å². The molecule has 22 heavy (non-hydrogen) atoms. The van der Waals surface area contributed by atoms with Crippen molar-refractivity contribution in [2.75, 3.05) is 6.54 Å². The molecule has 0 saturated heterocycles. The summed E-state index contributed by atoms with van der Waals surface area (Å²) < 4.78 is 13.3. The van der Waals surface area contributed by atoms with E-state index >= 15 is 0 Å². The van der Waals surface area contributed by atoms with Crippen LogP contribution in [0, 0.1) is 11.7 Å². The molecule has 0 radical (unpaired) electrons. The molecular weight excluding hydrogens is 283 g/mol. The molecule has 0 aliphatic heterocycles. The van der Waals surface area contributed by atoms with Gasteiger partial charge in [0.15, 0.2) is 0 Å².